The molecule has 1 rings (SSSR count). The van der Waals surface area contributed by atoms with Crippen LogP contribution in [0, 0.1) is 0 Å². The Kier molecular flexibility index (Phi) is 1.93. The van der Waals surface area contributed by atoms with Gasteiger partial charge in [-0.3, -0.25) is 0 Å². The van der Waals surface area contributed by atoms with E-state index in [-0.39, 0.29) is 0 Å². The molecule has 1 fully saturated rings. The fraction of sp³-hybridized carbons (Fsp3) is 1.00. The van der Waals surface area contributed by atoms with Crippen LogP contribution in [-0.2, 0) is 4.43 Å². The standard InChI is InChI=1S/C6H15NOSi/c1-9(2)4-3-6(7)5-8-9/h6H,3-5,7H2,1-2H3. The van der Waals surface area contributed by atoms with Crippen LogP contribution in [0.2, 0.25) is 19.1 Å². The average molecular weight is 145 g/mol. The van der Waals surface area contributed by atoms with Crippen LogP contribution in [0.3, 0.4) is 0 Å². The van der Waals surface area contributed by atoms with Crippen molar-refractivity contribution in [1.29, 1.82) is 0 Å². The van der Waals surface area contributed by atoms with Crippen LogP contribution in [-0.4, -0.2) is 21.0 Å². The summed E-state index contributed by atoms with van der Waals surface area (Å²) in [7, 11) is -1.21. The zero-order valence-corrected chi connectivity index (χ0v) is 7.18. The van der Waals surface area contributed by atoms with E-state index in [1.54, 1.807) is 0 Å². The molecule has 1 aliphatic rings. The van der Waals surface area contributed by atoms with Crippen LogP contribution in [0.5, 0.6) is 0 Å². The van der Waals surface area contributed by atoms with E-state index in [1.165, 1.54) is 12.5 Å². The molecule has 1 saturated heterocycles. The maximum atomic E-state index is 5.65. The summed E-state index contributed by atoms with van der Waals surface area (Å²) in [5, 5.41) is 0. The van der Waals surface area contributed by atoms with Gasteiger partial charge in [0.1, 0.15) is 0 Å². The molecule has 0 aromatic heterocycles. The Balaban J connectivity index is 2.35. The van der Waals surface area contributed by atoms with E-state index in [0.29, 0.717) is 6.04 Å². The minimum absolute atomic E-state index is 0.311. The summed E-state index contributed by atoms with van der Waals surface area (Å²) in [5.74, 6) is 0. The van der Waals surface area contributed by atoms with E-state index >= 15 is 0 Å². The van der Waals surface area contributed by atoms with E-state index in [0.717, 1.165) is 6.61 Å². The summed E-state index contributed by atoms with van der Waals surface area (Å²) in [6.45, 7) is 5.29. The van der Waals surface area contributed by atoms with Gasteiger partial charge in [0.2, 0.25) is 0 Å². The molecule has 1 atom stereocenters. The van der Waals surface area contributed by atoms with Crippen molar-refractivity contribution in [3.05, 3.63) is 0 Å². The summed E-state index contributed by atoms with van der Waals surface area (Å²) < 4.78 is 5.59. The molecule has 0 aromatic rings. The van der Waals surface area contributed by atoms with E-state index in [2.05, 4.69) is 13.1 Å². The third-order valence-corrected chi connectivity index (χ3v) is 4.25. The molecule has 1 unspecified atom stereocenters. The predicted molar refractivity (Wildman–Crippen MR) is 40.8 cm³/mol. The lowest BCUT2D eigenvalue weighted by Gasteiger charge is -2.31. The third-order valence-electron chi connectivity index (χ3n) is 1.81. The molecule has 9 heavy (non-hydrogen) atoms. The Labute approximate surface area is 57.5 Å². The summed E-state index contributed by atoms with van der Waals surface area (Å²) in [4.78, 5) is 0. The number of nitrogens with two attached hydrogens (primary N) is 1. The van der Waals surface area contributed by atoms with Crippen LogP contribution in [0.15, 0.2) is 0 Å². The van der Waals surface area contributed by atoms with Crippen LogP contribution < -0.4 is 5.73 Å². The van der Waals surface area contributed by atoms with Crippen LogP contribution in [0.1, 0.15) is 6.42 Å². The lowest BCUT2D eigenvalue weighted by Crippen LogP contribution is -2.43. The van der Waals surface area contributed by atoms with E-state index in [4.69, 9.17) is 10.2 Å². The molecule has 0 spiro atoms. The normalized spacial score (nSPS) is 34.3. The average Bonchev–Trinajstić information content (AvgIpc) is 1.78. The molecule has 3 heteroatoms. The first-order valence-electron chi connectivity index (χ1n) is 3.50. The van der Waals surface area contributed by atoms with Gasteiger partial charge in [-0.05, 0) is 25.6 Å². The summed E-state index contributed by atoms with van der Waals surface area (Å²) in [6.07, 6.45) is 1.17. The smallest absolute Gasteiger partial charge is 0.186 e. The Bertz CT molecular complexity index is 95.2. The quantitative estimate of drug-likeness (QED) is 0.515. The van der Waals surface area contributed by atoms with Gasteiger partial charge in [0.05, 0.1) is 0 Å². The van der Waals surface area contributed by atoms with Gasteiger partial charge in [-0.15, -0.1) is 0 Å². The Morgan fingerprint density at radius 1 is 1.56 bits per heavy atom. The molecule has 0 amide bonds. The second-order valence-corrected chi connectivity index (χ2v) is 7.68. The van der Waals surface area contributed by atoms with Gasteiger partial charge in [0.15, 0.2) is 8.32 Å². The van der Waals surface area contributed by atoms with Crippen molar-refractivity contribution in [2.45, 2.75) is 31.6 Å². The molecule has 1 heterocycles. The highest BCUT2D eigenvalue weighted by molar-refractivity contribution is 6.71. The highest BCUT2D eigenvalue weighted by Crippen LogP contribution is 2.19. The Morgan fingerprint density at radius 3 is 2.56 bits per heavy atom. The van der Waals surface area contributed by atoms with Crippen molar-refractivity contribution in [3.8, 4) is 0 Å². The van der Waals surface area contributed by atoms with Gasteiger partial charge in [-0.1, -0.05) is 0 Å². The van der Waals surface area contributed by atoms with Gasteiger partial charge in [-0.25, -0.2) is 0 Å². The molecule has 0 bridgehead atoms. The van der Waals surface area contributed by atoms with Crippen molar-refractivity contribution in [3.63, 3.8) is 0 Å². The zero-order valence-electron chi connectivity index (χ0n) is 6.18. The van der Waals surface area contributed by atoms with Crippen molar-refractivity contribution < 1.29 is 4.43 Å². The number of rotatable bonds is 0. The minimum Gasteiger partial charge on any atom is -0.416 e. The highest BCUT2D eigenvalue weighted by atomic mass is 28.4. The Hall–Kier alpha value is 0.137. The second kappa shape index (κ2) is 2.40. The molecular weight excluding hydrogens is 130 g/mol. The zero-order chi connectivity index (χ0) is 6.91. The lowest BCUT2D eigenvalue weighted by molar-refractivity contribution is 0.250. The van der Waals surface area contributed by atoms with Crippen molar-refractivity contribution >= 4 is 8.32 Å². The van der Waals surface area contributed by atoms with Gasteiger partial charge >= 0.3 is 0 Å². The molecular formula is C6H15NOSi. The van der Waals surface area contributed by atoms with Gasteiger partial charge < -0.3 is 10.2 Å². The highest BCUT2D eigenvalue weighted by Gasteiger charge is 2.28. The van der Waals surface area contributed by atoms with Crippen LogP contribution in [0.4, 0.5) is 0 Å². The topological polar surface area (TPSA) is 35.2 Å². The van der Waals surface area contributed by atoms with Crippen LogP contribution >= 0.6 is 0 Å². The number of hydrogen-bond acceptors (Lipinski definition) is 2. The largest absolute Gasteiger partial charge is 0.416 e. The molecule has 0 aliphatic carbocycles. The fourth-order valence-corrected chi connectivity index (χ4v) is 2.90. The van der Waals surface area contributed by atoms with E-state index in [9.17, 15) is 0 Å². The maximum absolute atomic E-state index is 5.65. The first-order chi connectivity index (χ1) is 4.10. The van der Waals surface area contributed by atoms with E-state index in [1.807, 2.05) is 0 Å². The first-order valence-corrected chi connectivity index (χ1v) is 6.61. The van der Waals surface area contributed by atoms with Crippen molar-refractivity contribution in [1.82, 2.24) is 0 Å². The SMILES string of the molecule is C[Si]1(C)CCC(N)CO1. The maximum Gasteiger partial charge on any atom is 0.186 e. The molecule has 0 radical (unpaired) electrons. The first kappa shape index (κ1) is 7.25. The molecule has 0 saturated carbocycles. The van der Waals surface area contributed by atoms with Crippen molar-refractivity contribution in [2.75, 3.05) is 6.61 Å². The fourth-order valence-electron chi connectivity index (χ4n) is 1.02. The molecule has 54 valence electrons. The monoisotopic (exact) mass is 145 g/mol. The summed E-state index contributed by atoms with van der Waals surface area (Å²) in [5.41, 5.74) is 5.65. The molecule has 1 aliphatic heterocycles. The van der Waals surface area contributed by atoms with Gasteiger partial charge in [0.25, 0.3) is 0 Å². The summed E-state index contributed by atoms with van der Waals surface area (Å²) >= 11 is 0. The van der Waals surface area contributed by atoms with Crippen LogP contribution in [0.25, 0.3) is 0 Å². The second-order valence-electron chi connectivity index (χ2n) is 3.37. The molecule has 2 nitrogen and oxygen atoms in total. The lowest BCUT2D eigenvalue weighted by atomic mass is 10.3. The predicted octanol–water partition coefficient (Wildman–Crippen LogP) is 0.939. The molecule has 0 aromatic carbocycles. The Morgan fingerprint density at radius 2 is 2.22 bits per heavy atom. The van der Waals surface area contributed by atoms with Gasteiger partial charge in [0, 0.05) is 12.6 Å². The third kappa shape index (κ3) is 2.08. The van der Waals surface area contributed by atoms with Crippen molar-refractivity contribution in [2.24, 2.45) is 5.73 Å². The summed E-state index contributed by atoms with van der Waals surface area (Å²) in [6, 6.07) is 1.54. The van der Waals surface area contributed by atoms with Gasteiger partial charge in [-0.2, -0.15) is 0 Å². The number of hydrogen-bond donors (Lipinski definition) is 1. The van der Waals surface area contributed by atoms with E-state index < -0.39 is 8.32 Å². The minimum atomic E-state index is -1.21. The molecule has 2 N–H and O–H groups in total.